The number of nitrogens with two attached hydrogens (primary N) is 2. The lowest BCUT2D eigenvalue weighted by Crippen LogP contribution is -2.13. The maximum Gasteiger partial charge on any atom is 0.225 e. The fourth-order valence-corrected chi connectivity index (χ4v) is 2.74. The molecule has 2 aromatic rings. The number of aromatic nitrogens is 2. The van der Waals surface area contributed by atoms with Gasteiger partial charge in [-0.25, -0.2) is 9.97 Å². The van der Waals surface area contributed by atoms with Crippen LogP contribution in [-0.2, 0) is 4.79 Å². The van der Waals surface area contributed by atoms with Gasteiger partial charge in [0.1, 0.15) is 11.6 Å². The summed E-state index contributed by atoms with van der Waals surface area (Å²) in [6, 6.07) is 7.42. The predicted octanol–water partition coefficient (Wildman–Crippen LogP) is 2.38. The number of benzene rings is 1. The van der Waals surface area contributed by atoms with E-state index >= 15 is 0 Å². The molecular formula is C15H19N5OS. The van der Waals surface area contributed by atoms with Crippen LogP contribution in [0.15, 0.2) is 29.4 Å². The average Bonchev–Trinajstić information content (AvgIpc) is 2.41. The molecule has 6 nitrogen and oxygen atoms in total. The summed E-state index contributed by atoms with van der Waals surface area (Å²) in [5, 5.41) is 3.39. The summed E-state index contributed by atoms with van der Waals surface area (Å²) in [5.41, 5.74) is 14.3. The van der Waals surface area contributed by atoms with E-state index in [0.717, 1.165) is 11.3 Å². The van der Waals surface area contributed by atoms with Gasteiger partial charge in [0, 0.05) is 23.9 Å². The van der Waals surface area contributed by atoms with Crippen LogP contribution in [0.25, 0.3) is 0 Å². The van der Waals surface area contributed by atoms with Crippen LogP contribution in [0, 0.1) is 13.8 Å². The van der Waals surface area contributed by atoms with Crippen LogP contribution in [-0.4, -0.2) is 21.6 Å². The topological polar surface area (TPSA) is 107 Å². The molecule has 1 amide bonds. The maximum atomic E-state index is 12.0. The van der Waals surface area contributed by atoms with Crippen LogP contribution in [0.5, 0.6) is 0 Å². The molecule has 22 heavy (non-hydrogen) atoms. The van der Waals surface area contributed by atoms with Gasteiger partial charge in [0.05, 0.1) is 0 Å². The summed E-state index contributed by atoms with van der Waals surface area (Å²) < 4.78 is 0. The molecule has 7 heteroatoms. The highest BCUT2D eigenvalue weighted by molar-refractivity contribution is 7.99. The normalized spacial score (nSPS) is 10.5. The fraction of sp³-hybridized carbons (Fsp3) is 0.267. The van der Waals surface area contributed by atoms with Gasteiger partial charge in [0.2, 0.25) is 5.91 Å². The van der Waals surface area contributed by atoms with Crippen molar-refractivity contribution < 1.29 is 4.79 Å². The summed E-state index contributed by atoms with van der Waals surface area (Å²) >= 11 is 1.35. The van der Waals surface area contributed by atoms with E-state index < -0.39 is 0 Å². The van der Waals surface area contributed by atoms with E-state index in [1.54, 1.807) is 0 Å². The minimum Gasteiger partial charge on any atom is -0.383 e. The van der Waals surface area contributed by atoms with Gasteiger partial charge in [-0.2, -0.15) is 0 Å². The van der Waals surface area contributed by atoms with Crippen molar-refractivity contribution in [3.8, 4) is 0 Å². The molecule has 0 bridgehead atoms. The lowest BCUT2D eigenvalue weighted by atomic mass is 10.1. The molecule has 1 aromatic heterocycles. The Kier molecular flexibility index (Phi) is 5.21. The van der Waals surface area contributed by atoms with Crippen molar-refractivity contribution in [2.45, 2.75) is 25.4 Å². The predicted molar refractivity (Wildman–Crippen MR) is 90.7 cm³/mol. The van der Waals surface area contributed by atoms with Crippen LogP contribution in [0.1, 0.15) is 17.5 Å². The van der Waals surface area contributed by atoms with Gasteiger partial charge in [-0.1, -0.05) is 29.5 Å². The van der Waals surface area contributed by atoms with Gasteiger partial charge in [-0.15, -0.1) is 0 Å². The van der Waals surface area contributed by atoms with Crippen molar-refractivity contribution in [2.24, 2.45) is 0 Å². The number of amides is 1. The molecule has 5 N–H and O–H groups in total. The molecule has 0 spiro atoms. The first-order valence-corrected chi connectivity index (χ1v) is 7.82. The van der Waals surface area contributed by atoms with E-state index in [9.17, 15) is 4.79 Å². The summed E-state index contributed by atoms with van der Waals surface area (Å²) in [5.74, 6) is 1.17. The molecule has 0 unspecified atom stereocenters. The Bertz CT molecular complexity index is 669. The van der Waals surface area contributed by atoms with Crippen LogP contribution in [0.2, 0.25) is 0 Å². The molecular weight excluding hydrogens is 298 g/mol. The third kappa shape index (κ3) is 4.63. The van der Waals surface area contributed by atoms with Crippen molar-refractivity contribution in [2.75, 3.05) is 22.5 Å². The molecule has 116 valence electrons. The molecule has 0 atom stereocenters. The number of nitrogen functional groups attached to an aromatic ring is 2. The number of thioether (sulfide) groups is 1. The Labute approximate surface area is 133 Å². The monoisotopic (exact) mass is 317 g/mol. The minimum atomic E-state index is -0.0451. The third-order valence-corrected chi connectivity index (χ3v) is 3.81. The molecule has 0 radical (unpaired) electrons. The zero-order chi connectivity index (χ0) is 16.1. The first-order chi connectivity index (χ1) is 10.4. The van der Waals surface area contributed by atoms with Gasteiger partial charge < -0.3 is 16.8 Å². The van der Waals surface area contributed by atoms with Gasteiger partial charge in [-0.05, 0) is 25.5 Å². The number of hydrogen-bond acceptors (Lipinski definition) is 6. The van der Waals surface area contributed by atoms with Crippen LogP contribution in [0.3, 0.4) is 0 Å². The number of rotatable bonds is 5. The zero-order valence-corrected chi connectivity index (χ0v) is 13.4. The Morgan fingerprint density at radius 1 is 1.18 bits per heavy atom. The molecule has 1 aromatic carbocycles. The van der Waals surface area contributed by atoms with E-state index in [1.807, 2.05) is 32.0 Å². The van der Waals surface area contributed by atoms with Gasteiger partial charge in [0.15, 0.2) is 5.16 Å². The highest BCUT2D eigenvalue weighted by Crippen LogP contribution is 2.19. The Balaban J connectivity index is 1.85. The number of nitrogens with one attached hydrogen (secondary N) is 1. The largest absolute Gasteiger partial charge is 0.383 e. The highest BCUT2D eigenvalue weighted by Gasteiger charge is 2.07. The summed E-state index contributed by atoms with van der Waals surface area (Å²) in [6.07, 6.45) is 0.357. The van der Waals surface area contributed by atoms with Crippen molar-refractivity contribution in [1.29, 1.82) is 0 Å². The quantitative estimate of drug-likeness (QED) is 0.577. The molecule has 0 saturated heterocycles. The minimum absolute atomic E-state index is 0.0451. The second-order valence-electron chi connectivity index (χ2n) is 4.97. The summed E-state index contributed by atoms with van der Waals surface area (Å²) in [4.78, 5) is 20.1. The van der Waals surface area contributed by atoms with Gasteiger partial charge >= 0.3 is 0 Å². The SMILES string of the molecule is Cc1ccc(NC(=O)CCSc2nc(N)cc(N)n2)c(C)c1. The Morgan fingerprint density at radius 2 is 1.86 bits per heavy atom. The first-order valence-electron chi connectivity index (χ1n) is 6.84. The van der Waals surface area contributed by atoms with E-state index in [2.05, 4.69) is 15.3 Å². The molecule has 0 aliphatic rings. The van der Waals surface area contributed by atoms with E-state index in [4.69, 9.17) is 11.5 Å². The van der Waals surface area contributed by atoms with E-state index in [1.165, 1.54) is 23.4 Å². The molecule has 2 rings (SSSR count). The molecule has 0 saturated carbocycles. The summed E-state index contributed by atoms with van der Waals surface area (Å²) in [6.45, 7) is 3.99. The summed E-state index contributed by atoms with van der Waals surface area (Å²) in [7, 11) is 0. The molecule has 0 fully saturated rings. The number of nitrogens with zero attached hydrogens (tertiary/aromatic N) is 2. The number of carbonyl (C=O) groups is 1. The second kappa shape index (κ2) is 7.13. The Hall–Kier alpha value is -2.28. The average molecular weight is 317 g/mol. The number of aryl methyl sites for hydroxylation is 2. The van der Waals surface area contributed by atoms with Crippen molar-refractivity contribution >= 4 is 35.0 Å². The van der Waals surface area contributed by atoms with Gasteiger partial charge in [-0.3, -0.25) is 4.79 Å². The standard InChI is InChI=1S/C15H19N5OS/c1-9-3-4-11(10(2)7-9)18-14(21)5-6-22-15-19-12(16)8-13(17)20-15/h3-4,7-8H,5-6H2,1-2H3,(H,18,21)(H4,16,17,19,20). The lowest BCUT2D eigenvalue weighted by molar-refractivity contribution is -0.115. The van der Waals surface area contributed by atoms with Crippen LogP contribution in [0.4, 0.5) is 17.3 Å². The second-order valence-corrected chi connectivity index (χ2v) is 6.03. The number of anilines is 3. The van der Waals surface area contributed by atoms with Crippen molar-refractivity contribution in [3.63, 3.8) is 0 Å². The molecule has 0 aliphatic heterocycles. The fourth-order valence-electron chi connectivity index (χ4n) is 1.93. The highest BCUT2D eigenvalue weighted by atomic mass is 32.2. The van der Waals surface area contributed by atoms with Gasteiger partial charge in [0.25, 0.3) is 0 Å². The van der Waals surface area contributed by atoms with Crippen LogP contribution >= 0.6 is 11.8 Å². The van der Waals surface area contributed by atoms with Crippen molar-refractivity contribution in [1.82, 2.24) is 9.97 Å². The van der Waals surface area contributed by atoms with E-state index in [0.29, 0.717) is 29.0 Å². The number of carbonyl (C=O) groups excluding carboxylic acids is 1. The van der Waals surface area contributed by atoms with Crippen LogP contribution < -0.4 is 16.8 Å². The number of hydrogen-bond donors (Lipinski definition) is 3. The van der Waals surface area contributed by atoms with E-state index in [-0.39, 0.29) is 5.91 Å². The Morgan fingerprint density at radius 3 is 2.50 bits per heavy atom. The maximum absolute atomic E-state index is 12.0. The third-order valence-electron chi connectivity index (χ3n) is 2.96. The zero-order valence-electron chi connectivity index (χ0n) is 12.6. The molecule has 1 heterocycles. The first kappa shape index (κ1) is 16.1. The molecule has 0 aliphatic carbocycles. The lowest BCUT2D eigenvalue weighted by Gasteiger charge is -2.09. The smallest absolute Gasteiger partial charge is 0.225 e. The van der Waals surface area contributed by atoms with Crippen molar-refractivity contribution in [3.05, 3.63) is 35.4 Å².